The summed E-state index contributed by atoms with van der Waals surface area (Å²) in [5.41, 5.74) is -0.389. The van der Waals surface area contributed by atoms with Crippen LogP contribution in [0.1, 0.15) is 0 Å². The molecule has 162 valence electrons. The summed E-state index contributed by atoms with van der Waals surface area (Å²) in [5.74, 6) is -2.42. The fourth-order valence-corrected chi connectivity index (χ4v) is 4.94. The molecule has 1 amide bonds. The summed E-state index contributed by atoms with van der Waals surface area (Å²) in [6.45, 7) is -0.231. The standard InChI is InChI=1S/C20H18F2N4O4S/c21-15-5-6-18(17(22)11-15)31(29,30)25-9-7-24(8-10-25)19(27)13-26-20(28)16-4-2-1-3-14(16)12-23-26/h1-6,11-12H,7-10,13H2. The first kappa shape index (κ1) is 21.1. The fourth-order valence-electron chi connectivity index (χ4n) is 3.47. The van der Waals surface area contributed by atoms with Crippen LogP contribution in [0.2, 0.25) is 0 Å². The average molecular weight is 448 g/mol. The fraction of sp³-hybridized carbons (Fsp3) is 0.250. The van der Waals surface area contributed by atoms with E-state index in [2.05, 4.69) is 5.10 Å². The Balaban J connectivity index is 1.45. The summed E-state index contributed by atoms with van der Waals surface area (Å²) in [5, 5.41) is 5.15. The van der Waals surface area contributed by atoms with E-state index < -0.39 is 26.6 Å². The Kier molecular flexibility index (Phi) is 5.54. The number of nitrogens with zero attached hydrogens (tertiary/aromatic N) is 4. The molecule has 1 saturated heterocycles. The third-order valence-electron chi connectivity index (χ3n) is 5.15. The number of carbonyl (C=O) groups is 1. The van der Waals surface area contributed by atoms with E-state index in [9.17, 15) is 26.8 Å². The van der Waals surface area contributed by atoms with Gasteiger partial charge in [0.05, 0.1) is 11.6 Å². The summed E-state index contributed by atoms with van der Waals surface area (Å²) in [7, 11) is -4.16. The van der Waals surface area contributed by atoms with Gasteiger partial charge in [-0.15, -0.1) is 0 Å². The normalized spacial score (nSPS) is 15.4. The van der Waals surface area contributed by atoms with E-state index >= 15 is 0 Å². The Labute approximate surface area is 176 Å². The number of rotatable bonds is 4. The molecule has 2 aromatic carbocycles. The molecule has 1 aromatic heterocycles. The van der Waals surface area contributed by atoms with Crippen LogP contribution in [0.4, 0.5) is 8.78 Å². The van der Waals surface area contributed by atoms with Gasteiger partial charge in [0.25, 0.3) is 5.56 Å². The molecule has 0 saturated carbocycles. The maximum absolute atomic E-state index is 13.9. The van der Waals surface area contributed by atoms with Crippen LogP contribution in [0.15, 0.2) is 58.4 Å². The van der Waals surface area contributed by atoms with Crippen LogP contribution >= 0.6 is 0 Å². The van der Waals surface area contributed by atoms with Crippen molar-refractivity contribution in [1.29, 1.82) is 0 Å². The second-order valence-electron chi connectivity index (χ2n) is 7.05. The number of carbonyl (C=O) groups excluding carboxylic acids is 1. The predicted octanol–water partition coefficient (Wildman–Crippen LogP) is 1.21. The Bertz CT molecular complexity index is 1320. The molecular formula is C20H18F2N4O4S. The van der Waals surface area contributed by atoms with E-state index in [1.54, 1.807) is 24.3 Å². The highest BCUT2D eigenvalue weighted by Crippen LogP contribution is 2.21. The number of fused-ring (bicyclic) bond motifs is 1. The highest BCUT2D eigenvalue weighted by atomic mass is 32.2. The van der Waals surface area contributed by atoms with Crippen LogP contribution in [0.5, 0.6) is 0 Å². The number of piperazine rings is 1. The van der Waals surface area contributed by atoms with Crippen molar-refractivity contribution >= 4 is 26.7 Å². The van der Waals surface area contributed by atoms with Gasteiger partial charge < -0.3 is 4.90 Å². The number of halogens is 2. The lowest BCUT2D eigenvalue weighted by atomic mass is 10.2. The summed E-state index contributed by atoms with van der Waals surface area (Å²) >= 11 is 0. The molecule has 1 aliphatic rings. The molecular weight excluding hydrogens is 430 g/mol. The molecule has 0 spiro atoms. The topological polar surface area (TPSA) is 92.6 Å². The van der Waals surface area contributed by atoms with Gasteiger partial charge in [0, 0.05) is 37.6 Å². The summed E-state index contributed by atoms with van der Waals surface area (Å²) in [6, 6.07) is 9.18. The molecule has 0 aliphatic carbocycles. The van der Waals surface area contributed by atoms with Crippen LogP contribution in [0.3, 0.4) is 0 Å². The molecule has 0 unspecified atom stereocenters. The van der Waals surface area contributed by atoms with Crippen molar-refractivity contribution in [3.63, 3.8) is 0 Å². The van der Waals surface area contributed by atoms with Gasteiger partial charge in [0.15, 0.2) is 0 Å². The summed E-state index contributed by atoms with van der Waals surface area (Å²) in [6.07, 6.45) is 1.51. The van der Waals surface area contributed by atoms with Gasteiger partial charge in [-0.25, -0.2) is 21.9 Å². The molecule has 4 rings (SSSR count). The maximum atomic E-state index is 13.9. The molecule has 0 atom stereocenters. The van der Waals surface area contributed by atoms with Crippen molar-refractivity contribution in [2.75, 3.05) is 26.2 Å². The van der Waals surface area contributed by atoms with Gasteiger partial charge in [-0.05, 0) is 18.2 Å². The third-order valence-corrected chi connectivity index (χ3v) is 7.08. The summed E-state index contributed by atoms with van der Waals surface area (Å²) in [4.78, 5) is 26.0. The van der Waals surface area contributed by atoms with Crippen molar-refractivity contribution in [1.82, 2.24) is 19.0 Å². The summed E-state index contributed by atoms with van der Waals surface area (Å²) < 4.78 is 54.5. The second-order valence-corrected chi connectivity index (χ2v) is 8.96. The van der Waals surface area contributed by atoms with Gasteiger partial charge in [-0.1, -0.05) is 18.2 Å². The maximum Gasteiger partial charge on any atom is 0.275 e. The van der Waals surface area contributed by atoms with Crippen LogP contribution in [-0.4, -0.2) is 59.5 Å². The lowest BCUT2D eigenvalue weighted by Gasteiger charge is -2.34. The molecule has 2 heterocycles. The quantitative estimate of drug-likeness (QED) is 0.598. The Hall–Kier alpha value is -3.18. The van der Waals surface area contributed by atoms with Crippen molar-refractivity contribution in [3.05, 3.63) is 70.6 Å². The lowest BCUT2D eigenvalue weighted by Crippen LogP contribution is -2.51. The zero-order valence-electron chi connectivity index (χ0n) is 16.2. The number of amides is 1. The molecule has 1 aliphatic heterocycles. The first-order chi connectivity index (χ1) is 14.8. The highest BCUT2D eigenvalue weighted by molar-refractivity contribution is 7.89. The van der Waals surface area contributed by atoms with Crippen LogP contribution in [0, 0.1) is 11.6 Å². The van der Waals surface area contributed by atoms with Crippen molar-refractivity contribution in [2.45, 2.75) is 11.4 Å². The predicted molar refractivity (Wildman–Crippen MR) is 108 cm³/mol. The van der Waals surface area contributed by atoms with Gasteiger partial charge in [0.2, 0.25) is 15.9 Å². The van der Waals surface area contributed by atoms with Crippen molar-refractivity contribution < 1.29 is 22.0 Å². The SMILES string of the molecule is O=C(Cn1ncc2ccccc2c1=O)N1CCN(S(=O)(=O)c2ccc(F)cc2F)CC1. The van der Waals surface area contributed by atoms with E-state index in [0.29, 0.717) is 16.8 Å². The number of aromatic nitrogens is 2. The second kappa shape index (κ2) is 8.16. The average Bonchev–Trinajstić information content (AvgIpc) is 2.75. The van der Waals surface area contributed by atoms with Gasteiger partial charge in [0.1, 0.15) is 23.1 Å². The Morgan fingerprint density at radius 2 is 1.74 bits per heavy atom. The molecule has 1 fully saturated rings. The van der Waals surface area contributed by atoms with Crippen molar-refractivity contribution in [2.24, 2.45) is 0 Å². The minimum atomic E-state index is -4.16. The van der Waals surface area contributed by atoms with E-state index in [-0.39, 0.29) is 44.2 Å². The van der Waals surface area contributed by atoms with Crippen LogP contribution in [0.25, 0.3) is 10.8 Å². The number of sulfonamides is 1. The van der Waals surface area contributed by atoms with Crippen molar-refractivity contribution in [3.8, 4) is 0 Å². The molecule has 0 N–H and O–H groups in total. The van der Waals surface area contributed by atoms with E-state index in [0.717, 1.165) is 21.1 Å². The van der Waals surface area contributed by atoms with E-state index in [1.807, 2.05) is 0 Å². The number of hydrogen-bond donors (Lipinski definition) is 0. The number of benzene rings is 2. The minimum Gasteiger partial charge on any atom is -0.338 e. The smallest absolute Gasteiger partial charge is 0.275 e. The highest BCUT2D eigenvalue weighted by Gasteiger charge is 2.32. The molecule has 11 heteroatoms. The molecule has 31 heavy (non-hydrogen) atoms. The third kappa shape index (κ3) is 4.06. The Morgan fingerprint density at radius 1 is 1.03 bits per heavy atom. The Morgan fingerprint density at radius 3 is 2.45 bits per heavy atom. The van der Waals surface area contributed by atoms with Gasteiger partial charge in [-0.3, -0.25) is 9.59 Å². The van der Waals surface area contributed by atoms with Crippen LogP contribution < -0.4 is 5.56 Å². The van der Waals surface area contributed by atoms with Crippen LogP contribution in [-0.2, 0) is 21.4 Å². The lowest BCUT2D eigenvalue weighted by molar-refractivity contribution is -0.133. The minimum absolute atomic E-state index is 0.0507. The largest absolute Gasteiger partial charge is 0.338 e. The molecule has 0 radical (unpaired) electrons. The first-order valence-electron chi connectivity index (χ1n) is 9.45. The van der Waals surface area contributed by atoms with E-state index in [4.69, 9.17) is 0 Å². The first-order valence-corrected chi connectivity index (χ1v) is 10.9. The zero-order chi connectivity index (χ0) is 22.2. The zero-order valence-corrected chi connectivity index (χ0v) is 17.1. The van der Waals surface area contributed by atoms with Gasteiger partial charge >= 0.3 is 0 Å². The van der Waals surface area contributed by atoms with E-state index in [1.165, 1.54) is 11.1 Å². The monoisotopic (exact) mass is 448 g/mol. The number of hydrogen-bond acceptors (Lipinski definition) is 5. The van der Waals surface area contributed by atoms with Gasteiger partial charge in [-0.2, -0.15) is 9.40 Å². The molecule has 0 bridgehead atoms. The molecule has 3 aromatic rings. The molecule has 8 nitrogen and oxygen atoms in total.